The molecule has 0 bridgehead atoms. The van der Waals surface area contributed by atoms with Gasteiger partial charge < -0.3 is 10.1 Å². The van der Waals surface area contributed by atoms with E-state index in [4.69, 9.17) is 16.3 Å². The van der Waals surface area contributed by atoms with Gasteiger partial charge in [0.15, 0.2) is 6.61 Å². The van der Waals surface area contributed by atoms with E-state index in [-0.39, 0.29) is 6.61 Å². The van der Waals surface area contributed by atoms with Gasteiger partial charge in [-0.1, -0.05) is 30.9 Å². The van der Waals surface area contributed by atoms with E-state index in [1.54, 1.807) is 19.1 Å². The standard InChI is InChI=1S/C18H21ClN2O3S/c1-13(25-15-7-5-14(19)6-8-15)17(23)24-11-16(22)21-18(12-20)9-3-2-4-10-18/h5-8,13H,2-4,9-11H2,1H3,(H,21,22)/t13-/m1/s1. The molecule has 1 aromatic rings. The molecule has 1 N–H and O–H groups in total. The summed E-state index contributed by atoms with van der Waals surface area (Å²) >= 11 is 7.16. The summed E-state index contributed by atoms with van der Waals surface area (Å²) in [6, 6.07) is 9.36. The number of ether oxygens (including phenoxy) is 1. The zero-order valence-corrected chi connectivity index (χ0v) is 15.7. The van der Waals surface area contributed by atoms with E-state index in [0.717, 1.165) is 24.2 Å². The molecule has 1 atom stereocenters. The first-order valence-electron chi connectivity index (χ1n) is 8.25. The second-order valence-corrected chi connectivity index (χ2v) is 7.98. The molecule has 0 unspecified atom stereocenters. The van der Waals surface area contributed by atoms with E-state index in [0.29, 0.717) is 17.9 Å². The van der Waals surface area contributed by atoms with E-state index in [1.165, 1.54) is 11.8 Å². The first-order chi connectivity index (χ1) is 11.9. The average Bonchev–Trinajstić information content (AvgIpc) is 2.62. The molecule has 0 saturated heterocycles. The van der Waals surface area contributed by atoms with Gasteiger partial charge in [-0.25, -0.2) is 0 Å². The lowest BCUT2D eigenvalue weighted by Gasteiger charge is -2.31. The van der Waals surface area contributed by atoms with Crippen LogP contribution in [0.5, 0.6) is 0 Å². The maximum absolute atomic E-state index is 12.0. The topological polar surface area (TPSA) is 79.2 Å². The van der Waals surface area contributed by atoms with Crippen molar-refractivity contribution in [2.24, 2.45) is 0 Å². The summed E-state index contributed by atoms with van der Waals surface area (Å²) in [5, 5.41) is 12.3. The summed E-state index contributed by atoms with van der Waals surface area (Å²) < 4.78 is 5.09. The molecule has 1 saturated carbocycles. The molecule has 7 heteroatoms. The van der Waals surface area contributed by atoms with Crippen LogP contribution in [0.2, 0.25) is 5.02 Å². The highest BCUT2D eigenvalue weighted by molar-refractivity contribution is 8.00. The summed E-state index contributed by atoms with van der Waals surface area (Å²) in [5.74, 6) is -0.898. The Bertz CT molecular complexity index is 651. The molecule has 134 valence electrons. The van der Waals surface area contributed by atoms with Crippen molar-refractivity contribution >= 4 is 35.2 Å². The number of esters is 1. The molecule has 0 radical (unpaired) electrons. The summed E-state index contributed by atoms with van der Waals surface area (Å²) in [5.41, 5.74) is -0.814. The lowest BCUT2D eigenvalue weighted by Crippen LogP contribution is -2.50. The number of carbonyl (C=O) groups is 2. The molecule has 5 nitrogen and oxygen atoms in total. The fourth-order valence-corrected chi connectivity index (χ4v) is 3.73. The van der Waals surface area contributed by atoms with Crippen LogP contribution in [-0.2, 0) is 14.3 Å². The van der Waals surface area contributed by atoms with E-state index < -0.39 is 22.7 Å². The van der Waals surface area contributed by atoms with Crippen LogP contribution in [0.25, 0.3) is 0 Å². The maximum Gasteiger partial charge on any atom is 0.319 e. The summed E-state index contributed by atoms with van der Waals surface area (Å²) in [7, 11) is 0. The van der Waals surface area contributed by atoms with Crippen molar-refractivity contribution in [1.82, 2.24) is 5.32 Å². The van der Waals surface area contributed by atoms with Gasteiger partial charge in [-0.3, -0.25) is 9.59 Å². The molecule has 1 amide bonds. The predicted octanol–water partition coefficient (Wildman–Crippen LogP) is 3.71. The Morgan fingerprint density at radius 3 is 2.56 bits per heavy atom. The molecular weight excluding hydrogens is 360 g/mol. The summed E-state index contributed by atoms with van der Waals surface area (Å²) in [4.78, 5) is 25.0. The van der Waals surface area contributed by atoms with Gasteiger partial charge in [-0.2, -0.15) is 5.26 Å². The number of rotatable bonds is 6. The molecule has 1 aliphatic rings. The number of thioether (sulfide) groups is 1. The minimum absolute atomic E-state index is 0.367. The quantitative estimate of drug-likeness (QED) is 0.601. The van der Waals surface area contributed by atoms with Gasteiger partial charge in [0.25, 0.3) is 5.91 Å². The SMILES string of the molecule is C[C@@H](Sc1ccc(Cl)cc1)C(=O)OCC(=O)NC1(C#N)CCCCC1. The summed E-state index contributed by atoms with van der Waals surface area (Å²) in [6.07, 6.45) is 4.20. The first kappa shape index (κ1) is 19.6. The van der Waals surface area contributed by atoms with Crippen LogP contribution in [-0.4, -0.2) is 29.3 Å². The number of carbonyl (C=O) groups excluding carboxylic acids is 2. The van der Waals surface area contributed by atoms with Gasteiger partial charge in [-0.15, -0.1) is 11.8 Å². The number of nitrogens with one attached hydrogen (secondary N) is 1. The van der Waals surface area contributed by atoms with Gasteiger partial charge in [0, 0.05) is 9.92 Å². The Morgan fingerprint density at radius 2 is 1.96 bits per heavy atom. The van der Waals surface area contributed by atoms with E-state index >= 15 is 0 Å². The third-order valence-electron chi connectivity index (χ3n) is 4.10. The second-order valence-electron chi connectivity index (χ2n) is 6.12. The number of halogens is 1. The second kappa shape index (κ2) is 9.12. The van der Waals surface area contributed by atoms with Crippen molar-refractivity contribution in [3.63, 3.8) is 0 Å². The van der Waals surface area contributed by atoms with Gasteiger partial charge in [0.1, 0.15) is 10.8 Å². The molecule has 0 aliphatic heterocycles. The molecule has 1 fully saturated rings. The lowest BCUT2D eigenvalue weighted by molar-refractivity contribution is -0.148. The van der Waals surface area contributed by atoms with E-state index in [1.807, 2.05) is 12.1 Å². The number of nitrogens with zero attached hydrogens (tertiary/aromatic N) is 1. The highest BCUT2D eigenvalue weighted by Gasteiger charge is 2.33. The monoisotopic (exact) mass is 380 g/mol. The first-order valence-corrected chi connectivity index (χ1v) is 9.51. The summed E-state index contributed by atoms with van der Waals surface area (Å²) in [6.45, 7) is 1.35. The Labute approximate surface area is 157 Å². The Kier molecular flexibility index (Phi) is 7.15. The normalized spacial score (nSPS) is 17.2. The smallest absolute Gasteiger partial charge is 0.319 e. The fraction of sp³-hybridized carbons (Fsp3) is 0.500. The van der Waals surface area contributed by atoms with Gasteiger partial charge in [0.05, 0.1) is 6.07 Å². The van der Waals surface area contributed by atoms with Crippen LogP contribution in [0.4, 0.5) is 0 Å². The fourth-order valence-electron chi connectivity index (χ4n) is 2.74. The minimum atomic E-state index is -0.814. The molecular formula is C18H21ClN2O3S. The molecule has 2 rings (SSSR count). The number of benzene rings is 1. The molecule has 0 heterocycles. The van der Waals surface area contributed by atoms with Crippen molar-refractivity contribution in [2.45, 2.75) is 54.7 Å². The maximum atomic E-state index is 12.0. The number of nitriles is 1. The molecule has 25 heavy (non-hydrogen) atoms. The average molecular weight is 381 g/mol. The molecule has 0 spiro atoms. The third kappa shape index (κ3) is 5.94. The minimum Gasteiger partial charge on any atom is -0.455 e. The van der Waals surface area contributed by atoms with E-state index in [2.05, 4.69) is 11.4 Å². The lowest BCUT2D eigenvalue weighted by atomic mass is 9.83. The third-order valence-corrected chi connectivity index (χ3v) is 5.45. The molecule has 1 aliphatic carbocycles. The molecule has 0 aromatic heterocycles. The Morgan fingerprint density at radius 1 is 1.32 bits per heavy atom. The van der Waals surface area contributed by atoms with E-state index in [9.17, 15) is 14.9 Å². The van der Waals surface area contributed by atoms with Crippen LogP contribution in [0, 0.1) is 11.3 Å². The zero-order chi connectivity index (χ0) is 18.3. The van der Waals surface area contributed by atoms with Crippen molar-refractivity contribution in [2.75, 3.05) is 6.61 Å². The number of hydrogen-bond donors (Lipinski definition) is 1. The van der Waals surface area contributed by atoms with Crippen LogP contribution < -0.4 is 5.32 Å². The number of amides is 1. The zero-order valence-electron chi connectivity index (χ0n) is 14.1. The predicted molar refractivity (Wildman–Crippen MR) is 97.3 cm³/mol. The van der Waals surface area contributed by atoms with Crippen LogP contribution >= 0.6 is 23.4 Å². The van der Waals surface area contributed by atoms with Crippen LogP contribution in [0.15, 0.2) is 29.2 Å². The highest BCUT2D eigenvalue weighted by Crippen LogP contribution is 2.28. The van der Waals surface area contributed by atoms with Crippen molar-refractivity contribution in [3.05, 3.63) is 29.3 Å². The van der Waals surface area contributed by atoms with Gasteiger partial charge >= 0.3 is 5.97 Å². The molecule has 1 aromatic carbocycles. The Hall–Kier alpha value is -1.71. The number of hydrogen-bond acceptors (Lipinski definition) is 5. The van der Waals surface area contributed by atoms with Crippen LogP contribution in [0.1, 0.15) is 39.0 Å². The van der Waals surface area contributed by atoms with Crippen molar-refractivity contribution in [1.29, 1.82) is 5.26 Å². The van der Waals surface area contributed by atoms with Crippen molar-refractivity contribution < 1.29 is 14.3 Å². The largest absolute Gasteiger partial charge is 0.455 e. The van der Waals surface area contributed by atoms with Gasteiger partial charge in [-0.05, 0) is 44.0 Å². The Balaban J connectivity index is 1.79. The van der Waals surface area contributed by atoms with Crippen LogP contribution in [0.3, 0.4) is 0 Å². The highest BCUT2D eigenvalue weighted by atomic mass is 35.5. The van der Waals surface area contributed by atoms with Gasteiger partial charge in [0.2, 0.25) is 0 Å². The van der Waals surface area contributed by atoms with Crippen molar-refractivity contribution in [3.8, 4) is 6.07 Å².